The van der Waals surface area contributed by atoms with E-state index in [2.05, 4.69) is 20.9 Å². The lowest BCUT2D eigenvalue weighted by Crippen LogP contribution is -2.12. The summed E-state index contributed by atoms with van der Waals surface area (Å²) in [6.45, 7) is 0. The Hall–Kier alpha value is 0.300. The molecule has 1 heterocycles. The predicted molar refractivity (Wildman–Crippen MR) is 52.9 cm³/mol. The molecule has 0 spiro atoms. The maximum absolute atomic E-state index is 5.40. The molecule has 0 atom stereocenters. The minimum atomic E-state index is -1.76. The van der Waals surface area contributed by atoms with Gasteiger partial charge in [0.05, 0.1) is 0 Å². The van der Waals surface area contributed by atoms with Crippen molar-refractivity contribution >= 4 is 50.7 Å². The van der Waals surface area contributed by atoms with Gasteiger partial charge in [0.2, 0.25) is 0 Å². The van der Waals surface area contributed by atoms with Gasteiger partial charge in [-0.2, -0.15) is 0 Å². The van der Waals surface area contributed by atoms with Gasteiger partial charge < -0.3 is 4.74 Å². The van der Waals surface area contributed by atoms with Gasteiger partial charge in [-0.1, -0.05) is 0 Å². The number of nitrogens with zero attached hydrogens (tertiary/aromatic N) is 1. The highest BCUT2D eigenvalue weighted by molar-refractivity contribution is 9.10. The van der Waals surface area contributed by atoms with Gasteiger partial charge in [0.1, 0.15) is 4.60 Å². The molecule has 1 rings (SSSR count). The van der Waals surface area contributed by atoms with Gasteiger partial charge in [0.15, 0.2) is 5.75 Å². The average Bonchev–Trinajstić information content (AvgIpc) is 1.91. The van der Waals surface area contributed by atoms with Gasteiger partial charge in [-0.15, -0.1) is 0 Å². The van der Waals surface area contributed by atoms with Crippen molar-refractivity contribution in [3.05, 3.63) is 22.9 Å². The number of pyridine rings is 1. The first-order valence-corrected chi connectivity index (χ1v) is 4.78. The number of alkyl halides is 3. The third-order valence-corrected chi connectivity index (χ3v) is 1.78. The van der Waals surface area contributed by atoms with Crippen LogP contribution in [0.25, 0.3) is 0 Å². The molecule has 0 aliphatic heterocycles. The van der Waals surface area contributed by atoms with Crippen LogP contribution in [0.3, 0.4) is 0 Å². The molecule has 6 heteroatoms. The molecule has 0 N–H and O–H groups in total. The van der Waals surface area contributed by atoms with Crippen molar-refractivity contribution in [2.75, 3.05) is 0 Å². The molecule has 2 nitrogen and oxygen atoms in total. The summed E-state index contributed by atoms with van der Waals surface area (Å²) >= 11 is 19.3. The maximum Gasteiger partial charge on any atom is 0.338 e. The van der Waals surface area contributed by atoms with Gasteiger partial charge in [0.25, 0.3) is 0 Å². The summed E-state index contributed by atoms with van der Waals surface area (Å²) < 4.78 is 3.66. The molecule has 1 aromatic heterocycles. The summed E-state index contributed by atoms with van der Waals surface area (Å²) in [6.07, 6.45) is 1.59. The fourth-order valence-electron chi connectivity index (χ4n) is 0.572. The Balaban J connectivity index is 2.83. The molecule has 0 amide bonds. The van der Waals surface area contributed by atoms with Gasteiger partial charge in [-0.3, -0.25) is 0 Å². The SMILES string of the molecule is ClC(Cl)(Cl)Oc1cccnc1Br. The largest absolute Gasteiger partial charge is 0.443 e. The van der Waals surface area contributed by atoms with Crippen LogP contribution in [0.5, 0.6) is 5.75 Å². The fraction of sp³-hybridized carbons (Fsp3) is 0.167. The molecule has 0 aliphatic rings. The number of aromatic nitrogens is 1. The summed E-state index contributed by atoms with van der Waals surface area (Å²) in [5.41, 5.74) is 0. The smallest absolute Gasteiger partial charge is 0.338 e. The molecule has 66 valence electrons. The lowest BCUT2D eigenvalue weighted by atomic mass is 10.5. The summed E-state index contributed by atoms with van der Waals surface area (Å²) in [6, 6.07) is 3.31. The predicted octanol–water partition coefficient (Wildman–Crippen LogP) is 3.55. The van der Waals surface area contributed by atoms with Crippen molar-refractivity contribution in [3.63, 3.8) is 0 Å². The van der Waals surface area contributed by atoms with E-state index in [0.717, 1.165) is 0 Å². The first-order chi connectivity index (χ1) is 5.49. The Bertz CT molecular complexity index is 276. The van der Waals surface area contributed by atoms with Crippen molar-refractivity contribution in [1.29, 1.82) is 0 Å². The van der Waals surface area contributed by atoms with Crippen LogP contribution in [-0.4, -0.2) is 8.96 Å². The molecule has 0 saturated carbocycles. The van der Waals surface area contributed by atoms with Crippen LogP contribution in [0.4, 0.5) is 0 Å². The highest BCUT2D eigenvalue weighted by atomic mass is 79.9. The third-order valence-electron chi connectivity index (χ3n) is 0.951. The number of hydrogen-bond donors (Lipinski definition) is 0. The van der Waals surface area contributed by atoms with Crippen molar-refractivity contribution in [3.8, 4) is 5.75 Å². The summed E-state index contributed by atoms with van der Waals surface area (Å²) in [5.74, 6) is 0.387. The molecule has 0 aliphatic carbocycles. The second kappa shape index (κ2) is 4.01. The molecule has 0 radical (unpaired) electrons. The van der Waals surface area contributed by atoms with Gasteiger partial charge in [-0.25, -0.2) is 4.98 Å². The van der Waals surface area contributed by atoms with Crippen LogP contribution in [0, 0.1) is 0 Å². The molecular formula is C6H3BrCl3NO. The van der Waals surface area contributed by atoms with Crippen LogP contribution in [0.15, 0.2) is 22.9 Å². The monoisotopic (exact) mass is 289 g/mol. The van der Waals surface area contributed by atoms with E-state index >= 15 is 0 Å². The first kappa shape index (κ1) is 10.4. The zero-order chi connectivity index (χ0) is 9.19. The molecule has 0 fully saturated rings. The molecule has 0 bridgehead atoms. The van der Waals surface area contributed by atoms with Crippen molar-refractivity contribution < 1.29 is 4.74 Å². The summed E-state index contributed by atoms with van der Waals surface area (Å²) in [4.78, 5) is 3.88. The summed E-state index contributed by atoms with van der Waals surface area (Å²) in [7, 11) is 0. The van der Waals surface area contributed by atoms with Crippen molar-refractivity contribution in [2.24, 2.45) is 0 Å². The van der Waals surface area contributed by atoms with Crippen molar-refractivity contribution in [1.82, 2.24) is 4.98 Å². The van der Waals surface area contributed by atoms with E-state index in [-0.39, 0.29) is 0 Å². The molecule has 0 saturated heterocycles. The van der Waals surface area contributed by atoms with E-state index in [1.54, 1.807) is 18.3 Å². The number of ether oxygens (including phenoxy) is 1. The van der Waals surface area contributed by atoms with E-state index < -0.39 is 3.98 Å². The lowest BCUT2D eigenvalue weighted by Gasteiger charge is -2.13. The minimum Gasteiger partial charge on any atom is -0.443 e. The highest BCUT2D eigenvalue weighted by Gasteiger charge is 2.22. The third kappa shape index (κ3) is 3.35. The number of hydrogen-bond acceptors (Lipinski definition) is 2. The Kier molecular flexibility index (Phi) is 3.47. The van der Waals surface area contributed by atoms with Gasteiger partial charge in [0, 0.05) is 6.20 Å². The number of halogens is 4. The Morgan fingerprint density at radius 1 is 1.42 bits per heavy atom. The minimum absolute atomic E-state index is 0.387. The van der Waals surface area contributed by atoms with Gasteiger partial charge >= 0.3 is 3.98 Å². The van der Waals surface area contributed by atoms with Crippen LogP contribution in [-0.2, 0) is 0 Å². The Morgan fingerprint density at radius 3 is 2.58 bits per heavy atom. The zero-order valence-electron chi connectivity index (χ0n) is 5.60. The van der Waals surface area contributed by atoms with Gasteiger partial charge in [-0.05, 0) is 62.9 Å². The van der Waals surface area contributed by atoms with E-state index in [0.29, 0.717) is 10.4 Å². The molecule has 12 heavy (non-hydrogen) atoms. The number of rotatable bonds is 1. The normalized spacial score (nSPS) is 11.3. The quantitative estimate of drug-likeness (QED) is 0.583. The lowest BCUT2D eigenvalue weighted by molar-refractivity contribution is 0.316. The van der Waals surface area contributed by atoms with Crippen molar-refractivity contribution in [2.45, 2.75) is 3.98 Å². The van der Waals surface area contributed by atoms with E-state index in [1.165, 1.54) is 0 Å². The summed E-state index contributed by atoms with van der Waals surface area (Å²) in [5, 5.41) is 0. The maximum atomic E-state index is 5.40. The molecule has 0 unspecified atom stereocenters. The van der Waals surface area contributed by atoms with Crippen LogP contribution < -0.4 is 4.74 Å². The molecule has 0 aromatic carbocycles. The Labute approximate surface area is 92.9 Å². The van der Waals surface area contributed by atoms with Crippen LogP contribution >= 0.6 is 50.7 Å². The average molecular weight is 291 g/mol. The van der Waals surface area contributed by atoms with E-state index in [1.807, 2.05) is 0 Å². The van der Waals surface area contributed by atoms with Crippen LogP contribution in [0.1, 0.15) is 0 Å². The highest BCUT2D eigenvalue weighted by Crippen LogP contribution is 2.32. The molecule has 1 aromatic rings. The second-order valence-electron chi connectivity index (χ2n) is 1.84. The molecular weight excluding hydrogens is 288 g/mol. The standard InChI is InChI=1S/C6H3BrCl3NO/c7-5-4(2-1-3-11-5)12-6(8,9)10/h1-3H. The first-order valence-electron chi connectivity index (χ1n) is 2.85. The van der Waals surface area contributed by atoms with E-state index in [9.17, 15) is 0 Å². The topological polar surface area (TPSA) is 22.1 Å². The van der Waals surface area contributed by atoms with Crippen LogP contribution in [0.2, 0.25) is 0 Å². The zero-order valence-corrected chi connectivity index (χ0v) is 9.45. The van der Waals surface area contributed by atoms with E-state index in [4.69, 9.17) is 39.5 Å². The second-order valence-corrected chi connectivity index (χ2v) is 4.77. The fourth-order valence-corrected chi connectivity index (χ4v) is 1.15. The Morgan fingerprint density at radius 2 is 2.08 bits per heavy atom.